The highest BCUT2D eigenvalue weighted by Crippen LogP contribution is 2.32. The molecule has 1 fully saturated rings. The molecule has 2 aromatic heterocycles. The lowest BCUT2D eigenvalue weighted by Gasteiger charge is -2.33. The number of aromatic nitrogens is 2. The molecule has 4 rings (SSSR count). The van der Waals surface area contributed by atoms with Crippen LogP contribution in [0.4, 0.5) is 0 Å². The van der Waals surface area contributed by atoms with Crippen LogP contribution in [0.1, 0.15) is 52.2 Å². The fourth-order valence-electron chi connectivity index (χ4n) is 3.25. The second-order valence-corrected chi connectivity index (χ2v) is 7.09. The van der Waals surface area contributed by atoms with Crippen LogP contribution >= 0.6 is 11.3 Å². The Kier molecular flexibility index (Phi) is 4.61. The highest BCUT2D eigenvalue weighted by molar-refractivity contribution is 7.11. The maximum absolute atomic E-state index is 12.8. The molecule has 1 aromatic carbocycles. The summed E-state index contributed by atoms with van der Waals surface area (Å²) in [6.45, 7) is 0.734. The summed E-state index contributed by atoms with van der Waals surface area (Å²) in [4.78, 5) is 23.8. The molecule has 0 aliphatic carbocycles. The molecule has 1 aliphatic heterocycles. The highest BCUT2D eigenvalue weighted by Gasteiger charge is 2.32. The number of carbonyl (C=O) groups excluding carboxylic acids is 1. The first-order valence-electron chi connectivity index (χ1n) is 8.49. The molecule has 1 aliphatic rings. The van der Waals surface area contributed by atoms with Crippen LogP contribution in [-0.4, -0.2) is 27.3 Å². The highest BCUT2D eigenvalue weighted by atomic mass is 32.1. The van der Waals surface area contributed by atoms with E-state index in [-0.39, 0.29) is 11.9 Å². The number of thiazole rings is 1. The Morgan fingerprint density at radius 2 is 2.12 bits per heavy atom. The molecule has 0 N–H and O–H groups in total. The van der Waals surface area contributed by atoms with Crippen molar-refractivity contribution in [1.29, 1.82) is 0 Å². The van der Waals surface area contributed by atoms with Crippen molar-refractivity contribution in [3.63, 3.8) is 0 Å². The van der Waals surface area contributed by atoms with Crippen LogP contribution in [0.5, 0.6) is 0 Å². The van der Waals surface area contributed by atoms with E-state index in [2.05, 4.69) is 22.1 Å². The lowest BCUT2D eigenvalue weighted by molar-refractivity contribution is 0.0575. The molecule has 0 radical (unpaired) electrons. The number of hydrogen-bond acceptors (Lipinski definition) is 5. The third kappa shape index (κ3) is 3.49. The normalized spacial score (nSPS) is 17.6. The number of oxazole rings is 1. The van der Waals surface area contributed by atoms with Gasteiger partial charge in [0.25, 0.3) is 5.91 Å². The maximum atomic E-state index is 12.8. The van der Waals surface area contributed by atoms with Crippen molar-refractivity contribution in [2.75, 3.05) is 6.54 Å². The summed E-state index contributed by atoms with van der Waals surface area (Å²) >= 11 is 1.38. The quantitative estimate of drug-likeness (QED) is 0.709. The van der Waals surface area contributed by atoms with Crippen LogP contribution in [0, 0.1) is 0 Å². The van der Waals surface area contributed by atoms with Crippen molar-refractivity contribution in [2.24, 2.45) is 0 Å². The molecule has 1 unspecified atom stereocenters. The van der Waals surface area contributed by atoms with Gasteiger partial charge in [-0.05, 0) is 24.8 Å². The molecule has 3 aromatic rings. The van der Waals surface area contributed by atoms with E-state index in [4.69, 9.17) is 4.42 Å². The summed E-state index contributed by atoms with van der Waals surface area (Å²) in [6.07, 6.45) is 7.10. The first-order valence-corrected chi connectivity index (χ1v) is 9.37. The van der Waals surface area contributed by atoms with Gasteiger partial charge in [0, 0.05) is 13.0 Å². The number of carbonyl (C=O) groups is 1. The smallest absolute Gasteiger partial charge is 0.266 e. The number of benzene rings is 1. The zero-order chi connectivity index (χ0) is 17.1. The number of hydrogen-bond donors (Lipinski definition) is 0. The van der Waals surface area contributed by atoms with Crippen LogP contribution in [0.15, 0.2) is 52.7 Å². The molecule has 5 nitrogen and oxygen atoms in total. The Labute approximate surface area is 150 Å². The standard InChI is InChI=1S/C19H19N3O2S/c23-19(17-12-20-13-25-17)22-9-5-4-8-16(22)18-21-11-15(24-18)10-14-6-2-1-3-7-14/h1-3,6-7,11-13,16H,4-5,8-10H2. The van der Waals surface area contributed by atoms with Crippen molar-refractivity contribution in [3.8, 4) is 0 Å². The molecule has 1 saturated heterocycles. The molecule has 3 heterocycles. The second kappa shape index (κ2) is 7.19. The van der Waals surface area contributed by atoms with Gasteiger partial charge < -0.3 is 9.32 Å². The van der Waals surface area contributed by atoms with Gasteiger partial charge in [-0.15, -0.1) is 11.3 Å². The number of likely N-dealkylation sites (tertiary alicyclic amines) is 1. The predicted octanol–water partition coefficient (Wildman–Crippen LogP) is 4.09. The number of rotatable bonds is 4. The summed E-state index contributed by atoms with van der Waals surface area (Å²) < 4.78 is 6.01. The topological polar surface area (TPSA) is 59.2 Å². The summed E-state index contributed by atoms with van der Waals surface area (Å²) in [6, 6.07) is 10.1. The van der Waals surface area contributed by atoms with Crippen molar-refractivity contribution in [2.45, 2.75) is 31.7 Å². The lowest BCUT2D eigenvalue weighted by atomic mass is 10.0. The summed E-state index contributed by atoms with van der Waals surface area (Å²) in [5.74, 6) is 1.50. The number of nitrogens with zero attached hydrogens (tertiary/aromatic N) is 3. The lowest BCUT2D eigenvalue weighted by Crippen LogP contribution is -2.38. The van der Waals surface area contributed by atoms with Gasteiger partial charge in [0.1, 0.15) is 16.7 Å². The molecule has 25 heavy (non-hydrogen) atoms. The van der Waals surface area contributed by atoms with Crippen molar-refractivity contribution in [1.82, 2.24) is 14.9 Å². The molecular weight excluding hydrogens is 334 g/mol. The predicted molar refractivity (Wildman–Crippen MR) is 95.5 cm³/mol. The minimum Gasteiger partial charge on any atom is -0.443 e. The third-order valence-corrected chi connectivity index (χ3v) is 5.25. The maximum Gasteiger partial charge on any atom is 0.266 e. The molecule has 1 atom stereocenters. The van der Waals surface area contributed by atoms with Crippen molar-refractivity contribution < 1.29 is 9.21 Å². The molecule has 1 amide bonds. The first-order chi connectivity index (χ1) is 12.3. The summed E-state index contributed by atoms with van der Waals surface area (Å²) in [5, 5.41) is 0. The zero-order valence-corrected chi connectivity index (χ0v) is 14.6. The fraction of sp³-hybridized carbons (Fsp3) is 0.316. The summed E-state index contributed by atoms with van der Waals surface area (Å²) in [5.41, 5.74) is 2.88. The fourth-order valence-corrected chi connectivity index (χ4v) is 3.82. The van der Waals surface area contributed by atoms with Crippen LogP contribution in [-0.2, 0) is 6.42 Å². The largest absolute Gasteiger partial charge is 0.443 e. The van der Waals surface area contributed by atoms with E-state index in [9.17, 15) is 4.79 Å². The van der Waals surface area contributed by atoms with Gasteiger partial charge in [-0.2, -0.15) is 0 Å². The van der Waals surface area contributed by atoms with Gasteiger partial charge in [-0.3, -0.25) is 9.78 Å². The Bertz CT molecular complexity index is 829. The van der Waals surface area contributed by atoms with E-state index in [1.165, 1.54) is 16.9 Å². The molecule has 0 saturated carbocycles. The molecule has 128 valence electrons. The third-order valence-electron chi connectivity index (χ3n) is 4.48. The van der Waals surface area contributed by atoms with E-state index < -0.39 is 0 Å². The van der Waals surface area contributed by atoms with Gasteiger partial charge in [0.15, 0.2) is 0 Å². The average molecular weight is 353 g/mol. The molecule has 0 spiro atoms. The zero-order valence-electron chi connectivity index (χ0n) is 13.8. The van der Waals surface area contributed by atoms with Crippen molar-refractivity contribution in [3.05, 3.63) is 70.3 Å². The van der Waals surface area contributed by atoms with Crippen molar-refractivity contribution >= 4 is 17.2 Å². The molecule has 0 bridgehead atoms. The Hall–Kier alpha value is -2.47. The number of amides is 1. The van der Waals surface area contributed by atoms with Crippen LogP contribution in [0.2, 0.25) is 0 Å². The molecular formula is C19H19N3O2S. The van der Waals surface area contributed by atoms with Gasteiger partial charge in [0.05, 0.1) is 17.9 Å². The Morgan fingerprint density at radius 1 is 1.24 bits per heavy atom. The Balaban J connectivity index is 1.54. The average Bonchev–Trinajstić information content (AvgIpc) is 3.34. The minimum absolute atomic E-state index is 0.0232. The van der Waals surface area contributed by atoms with E-state index in [0.717, 1.165) is 31.6 Å². The second-order valence-electron chi connectivity index (χ2n) is 6.20. The first kappa shape index (κ1) is 16.0. The monoisotopic (exact) mass is 353 g/mol. The summed E-state index contributed by atoms with van der Waals surface area (Å²) in [7, 11) is 0. The Morgan fingerprint density at radius 3 is 2.92 bits per heavy atom. The van der Waals surface area contributed by atoms with Gasteiger partial charge in [-0.25, -0.2) is 4.98 Å². The van der Waals surface area contributed by atoms with E-state index in [1.54, 1.807) is 17.9 Å². The number of piperidine rings is 1. The van der Waals surface area contributed by atoms with Gasteiger partial charge in [0.2, 0.25) is 5.89 Å². The van der Waals surface area contributed by atoms with E-state index in [0.29, 0.717) is 17.2 Å². The van der Waals surface area contributed by atoms with Gasteiger partial charge in [-0.1, -0.05) is 30.3 Å². The molecule has 6 heteroatoms. The van der Waals surface area contributed by atoms with Crippen LogP contribution in [0.25, 0.3) is 0 Å². The minimum atomic E-state index is -0.0899. The van der Waals surface area contributed by atoms with Crippen LogP contribution < -0.4 is 0 Å². The van der Waals surface area contributed by atoms with E-state index >= 15 is 0 Å². The SMILES string of the molecule is O=C(c1cncs1)N1CCCCC1c1ncc(Cc2ccccc2)o1. The van der Waals surface area contributed by atoms with Crippen LogP contribution in [0.3, 0.4) is 0 Å². The van der Waals surface area contributed by atoms with E-state index in [1.807, 2.05) is 23.1 Å². The van der Waals surface area contributed by atoms with Gasteiger partial charge >= 0.3 is 0 Å².